The summed E-state index contributed by atoms with van der Waals surface area (Å²) in [5.41, 5.74) is 11.6. The van der Waals surface area contributed by atoms with Gasteiger partial charge in [0.1, 0.15) is 5.75 Å². The van der Waals surface area contributed by atoms with E-state index in [9.17, 15) is 8.78 Å². The number of para-hydroxylation sites is 1. The van der Waals surface area contributed by atoms with Crippen molar-refractivity contribution in [1.82, 2.24) is 0 Å². The summed E-state index contributed by atoms with van der Waals surface area (Å²) in [6, 6.07) is 10.8. The Morgan fingerprint density at radius 2 is 1.74 bits per heavy atom. The number of nitrogens with zero attached hydrogens (tertiary/aromatic N) is 1. The van der Waals surface area contributed by atoms with Crippen LogP contribution < -0.4 is 16.2 Å². The van der Waals surface area contributed by atoms with Crippen molar-refractivity contribution in [2.24, 2.45) is 16.5 Å². The van der Waals surface area contributed by atoms with Gasteiger partial charge < -0.3 is 16.2 Å². The summed E-state index contributed by atoms with van der Waals surface area (Å²) in [6.45, 7) is 2.02. The van der Waals surface area contributed by atoms with Crippen LogP contribution in [0.3, 0.4) is 0 Å². The Hall–Kier alpha value is -2.89. The summed E-state index contributed by atoms with van der Waals surface area (Å²) < 4.78 is 33.5. The van der Waals surface area contributed by atoms with Gasteiger partial charge in [-0.25, -0.2) is 13.8 Å². The lowest BCUT2D eigenvalue weighted by molar-refractivity contribution is 0.407. The van der Waals surface area contributed by atoms with Gasteiger partial charge in [-0.1, -0.05) is 29.8 Å². The Morgan fingerprint density at radius 1 is 1.13 bits per heavy atom. The standard InChI is InChI=1S/C17H17F2N3O/c1-11(10-22-17(20)21)7-12-8-14(18)16(15(19)9-12)23-13-5-3-2-4-6-13/h2-9H,10H2,1H3,(H4,20,21,22)/b11-7+. The predicted octanol–water partition coefficient (Wildman–Crippen LogP) is 3.43. The van der Waals surface area contributed by atoms with Crippen LogP contribution in [0.2, 0.25) is 0 Å². The Kier molecular flexibility index (Phi) is 5.30. The van der Waals surface area contributed by atoms with Gasteiger partial charge >= 0.3 is 0 Å². The molecule has 0 aliphatic heterocycles. The third-order valence-corrected chi connectivity index (χ3v) is 2.91. The smallest absolute Gasteiger partial charge is 0.198 e. The zero-order valence-electron chi connectivity index (χ0n) is 12.6. The summed E-state index contributed by atoms with van der Waals surface area (Å²) in [5, 5.41) is 0. The van der Waals surface area contributed by atoms with E-state index in [1.54, 1.807) is 43.3 Å². The highest BCUT2D eigenvalue weighted by molar-refractivity contribution is 5.76. The molecule has 0 atom stereocenters. The highest BCUT2D eigenvalue weighted by Crippen LogP contribution is 2.29. The molecule has 0 spiro atoms. The maximum absolute atomic E-state index is 14.1. The molecule has 23 heavy (non-hydrogen) atoms. The minimum Gasteiger partial charge on any atom is -0.451 e. The lowest BCUT2D eigenvalue weighted by Gasteiger charge is -2.09. The Morgan fingerprint density at radius 3 is 2.30 bits per heavy atom. The highest BCUT2D eigenvalue weighted by Gasteiger charge is 2.13. The summed E-state index contributed by atoms with van der Waals surface area (Å²) in [7, 11) is 0. The van der Waals surface area contributed by atoms with E-state index in [2.05, 4.69) is 4.99 Å². The number of rotatable bonds is 5. The lowest BCUT2D eigenvalue weighted by Crippen LogP contribution is -2.23. The quantitative estimate of drug-likeness (QED) is 0.655. The average molecular weight is 317 g/mol. The second kappa shape index (κ2) is 7.40. The van der Waals surface area contributed by atoms with Crippen molar-refractivity contribution in [2.45, 2.75) is 6.92 Å². The first-order valence-electron chi connectivity index (χ1n) is 6.90. The van der Waals surface area contributed by atoms with Crippen LogP contribution in [-0.2, 0) is 0 Å². The van der Waals surface area contributed by atoms with E-state index in [4.69, 9.17) is 16.2 Å². The molecule has 0 saturated carbocycles. The van der Waals surface area contributed by atoms with Crippen LogP contribution >= 0.6 is 0 Å². The van der Waals surface area contributed by atoms with Crippen LogP contribution in [-0.4, -0.2) is 12.5 Å². The van der Waals surface area contributed by atoms with Gasteiger partial charge in [-0.3, -0.25) is 0 Å². The fourth-order valence-electron chi connectivity index (χ4n) is 1.91. The fraction of sp³-hybridized carbons (Fsp3) is 0.118. The molecule has 0 fully saturated rings. The van der Waals surface area contributed by atoms with E-state index in [-0.39, 0.29) is 12.5 Å². The first-order chi connectivity index (χ1) is 11.0. The Bertz CT molecular complexity index is 716. The number of halogens is 2. The number of ether oxygens (including phenoxy) is 1. The van der Waals surface area contributed by atoms with E-state index >= 15 is 0 Å². The molecule has 120 valence electrons. The molecule has 0 aliphatic rings. The number of aliphatic imine (C=N–C) groups is 1. The van der Waals surface area contributed by atoms with Crippen molar-refractivity contribution < 1.29 is 13.5 Å². The van der Waals surface area contributed by atoms with Crippen LogP contribution in [0.5, 0.6) is 11.5 Å². The van der Waals surface area contributed by atoms with Gasteiger partial charge in [0.15, 0.2) is 23.3 Å². The predicted molar refractivity (Wildman–Crippen MR) is 87.2 cm³/mol. The molecule has 2 aromatic carbocycles. The molecule has 0 saturated heterocycles. The normalized spacial score (nSPS) is 11.2. The maximum atomic E-state index is 14.1. The zero-order chi connectivity index (χ0) is 16.8. The van der Waals surface area contributed by atoms with Gasteiger partial charge in [0.2, 0.25) is 0 Å². The van der Waals surface area contributed by atoms with Crippen LogP contribution in [0, 0.1) is 11.6 Å². The molecular formula is C17H17F2N3O. The van der Waals surface area contributed by atoms with E-state index in [1.165, 1.54) is 12.1 Å². The lowest BCUT2D eigenvalue weighted by atomic mass is 10.1. The van der Waals surface area contributed by atoms with Crippen LogP contribution in [0.15, 0.2) is 53.0 Å². The molecule has 0 bridgehead atoms. The molecule has 6 heteroatoms. The number of hydrogen-bond acceptors (Lipinski definition) is 2. The van der Waals surface area contributed by atoms with E-state index in [0.717, 1.165) is 5.57 Å². The second-order valence-corrected chi connectivity index (χ2v) is 4.96. The first-order valence-corrected chi connectivity index (χ1v) is 6.90. The fourth-order valence-corrected chi connectivity index (χ4v) is 1.91. The van der Waals surface area contributed by atoms with Gasteiger partial charge in [-0.05, 0) is 36.8 Å². The van der Waals surface area contributed by atoms with Gasteiger partial charge in [-0.15, -0.1) is 0 Å². The molecule has 0 aromatic heterocycles. The second-order valence-electron chi connectivity index (χ2n) is 4.96. The van der Waals surface area contributed by atoms with Gasteiger partial charge in [-0.2, -0.15) is 0 Å². The Balaban J connectivity index is 2.23. The molecule has 0 heterocycles. The summed E-state index contributed by atoms with van der Waals surface area (Å²) in [6.07, 6.45) is 1.60. The van der Waals surface area contributed by atoms with Gasteiger partial charge in [0.05, 0.1) is 6.54 Å². The van der Waals surface area contributed by atoms with E-state index in [1.807, 2.05) is 0 Å². The molecule has 0 unspecified atom stereocenters. The maximum Gasteiger partial charge on any atom is 0.198 e. The van der Waals surface area contributed by atoms with Crippen LogP contribution in [0.1, 0.15) is 12.5 Å². The van der Waals surface area contributed by atoms with Crippen molar-refractivity contribution in [3.05, 3.63) is 65.2 Å². The zero-order valence-corrected chi connectivity index (χ0v) is 12.6. The SMILES string of the molecule is C/C(=C\c1cc(F)c(Oc2ccccc2)c(F)c1)CN=C(N)N. The Labute approximate surface area is 133 Å². The highest BCUT2D eigenvalue weighted by atomic mass is 19.1. The molecule has 0 amide bonds. The summed E-state index contributed by atoms with van der Waals surface area (Å²) >= 11 is 0. The van der Waals surface area contributed by atoms with E-state index < -0.39 is 17.4 Å². The molecule has 4 N–H and O–H groups in total. The molecule has 0 radical (unpaired) electrons. The largest absolute Gasteiger partial charge is 0.451 e. The molecule has 2 aromatic rings. The first kappa shape index (κ1) is 16.5. The van der Waals surface area contributed by atoms with Crippen molar-refractivity contribution >= 4 is 12.0 Å². The van der Waals surface area contributed by atoms with Crippen molar-refractivity contribution in [3.8, 4) is 11.5 Å². The molecule has 4 nitrogen and oxygen atoms in total. The monoisotopic (exact) mass is 317 g/mol. The number of guanidine groups is 1. The number of nitrogens with two attached hydrogens (primary N) is 2. The molecule has 2 rings (SSSR count). The minimum atomic E-state index is -0.783. The summed E-state index contributed by atoms with van der Waals surface area (Å²) in [5.74, 6) is -1.68. The summed E-state index contributed by atoms with van der Waals surface area (Å²) in [4.78, 5) is 3.83. The molecule has 0 aliphatic carbocycles. The third-order valence-electron chi connectivity index (χ3n) is 2.91. The van der Waals surface area contributed by atoms with Crippen molar-refractivity contribution in [1.29, 1.82) is 0 Å². The van der Waals surface area contributed by atoms with E-state index in [0.29, 0.717) is 11.3 Å². The van der Waals surface area contributed by atoms with Gasteiger partial charge in [0.25, 0.3) is 0 Å². The van der Waals surface area contributed by atoms with Crippen LogP contribution in [0.4, 0.5) is 8.78 Å². The van der Waals surface area contributed by atoms with Crippen molar-refractivity contribution in [2.75, 3.05) is 6.54 Å². The molecular weight excluding hydrogens is 300 g/mol. The topological polar surface area (TPSA) is 73.6 Å². The average Bonchev–Trinajstić information content (AvgIpc) is 2.50. The van der Waals surface area contributed by atoms with Crippen molar-refractivity contribution in [3.63, 3.8) is 0 Å². The number of benzene rings is 2. The third kappa shape index (κ3) is 4.81. The van der Waals surface area contributed by atoms with Crippen LogP contribution in [0.25, 0.3) is 6.08 Å². The minimum absolute atomic E-state index is 0.0401. The van der Waals surface area contributed by atoms with Gasteiger partial charge in [0, 0.05) is 0 Å². The number of hydrogen-bond donors (Lipinski definition) is 2.